The zero-order valence-corrected chi connectivity index (χ0v) is 31.0. The van der Waals surface area contributed by atoms with Crippen LogP contribution in [0.15, 0.2) is 115 Å². The molecule has 3 aliphatic heterocycles. The van der Waals surface area contributed by atoms with Crippen molar-refractivity contribution in [2.75, 3.05) is 11.9 Å². The average molecular weight is 732 g/mol. The minimum Gasteiger partial charge on any atom is -0.508 e. The highest BCUT2D eigenvalue weighted by atomic mass is 16.5. The van der Waals surface area contributed by atoms with Crippen LogP contribution in [0.3, 0.4) is 0 Å². The third-order valence-corrected chi connectivity index (χ3v) is 11.1. The van der Waals surface area contributed by atoms with Crippen molar-refractivity contribution >= 4 is 34.6 Å². The molecular weight excluding hydrogens is 687 g/mol. The van der Waals surface area contributed by atoms with E-state index < -0.39 is 11.9 Å². The molecule has 2 atom stereocenters. The number of fused-ring (bicyclic) bond motifs is 2. The molecule has 8 nitrogen and oxygen atoms in total. The molecule has 0 spiro atoms. The number of carbonyl (C=O) groups excluding carboxylic acids is 3. The Bertz CT molecular complexity index is 2260. The predicted molar refractivity (Wildman–Crippen MR) is 216 cm³/mol. The molecule has 3 amide bonds. The molecule has 8 heteroatoms. The molecule has 55 heavy (non-hydrogen) atoms. The van der Waals surface area contributed by atoms with Crippen molar-refractivity contribution in [1.29, 1.82) is 0 Å². The number of benzene rings is 5. The Hall–Kier alpha value is -6.15. The zero-order chi connectivity index (χ0) is 37.9. The van der Waals surface area contributed by atoms with E-state index in [4.69, 9.17) is 4.74 Å². The van der Waals surface area contributed by atoms with Gasteiger partial charge in [-0.25, -0.2) is 0 Å². The maximum atomic E-state index is 13.2. The minimum atomic E-state index is -0.615. The Morgan fingerprint density at radius 2 is 1.51 bits per heavy atom. The summed E-state index contributed by atoms with van der Waals surface area (Å²) in [6.07, 6.45) is 5.47. The van der Waals surface area contributed by atoms with Crippen molar-refractivity contribution in [1.82, 2.24) is 10.2 Å². The van der Waals surface area contributed by atoms with Crippen molar-refractivity contribution in [2.45, 2.75) is 70.5 Å². The van der Waals surface area contributed by atoms with Gasteiger partial charge in [-0.3, -0.25) is 19.7 Å². The molecule has 2 unspecified atom stereocenters. The summed E-state index contributed by atoms with van der Waals surface area (Å²) in [5.41, 5.74) is 11.9. The number of piperidine rings is 1. The van der Waals surface area contributed by atoms with Crippen LogP contribution in [-0.4, -0.2) is 46.4 Å². The third kappa shape index (κ3) is 7.63. The first kappa shape index (κ1) is 35.9. The molecule has 1 fully saturated rings. The van der Waals surface area contributed by atoms with Crippen LogP contribution in [0.1, 0.15) is 83.6 Å². The third-order valence-electron chi connectivity index (χ3n) is 11.1. The van der Waals surface area contributed by atoms with Crippen molar-refractivity contribution in [3.8, 4) is 22.6 Å². The number of phenolic OH excluding ortho intramolecular Hbond substituents is 1. The number of ether oxygens (including phenoxy) is 1. The summed E-state index contributed by atoms with van der Waals surface area (Å²) in [5, 5.41) is 16.0. The molecule has 0 aromatic heterocycles. The van der Waals surface area contributed by atoms with Gasteiger partial charge in [0.25, 0.3) is 5.91 Å². The van der Waals surface area contributed by atoms with Crippen molar-refractivity contribution < 1.29 is 24.2 Å². The Morgan fingerprint density at radius 3 is 2.24 bits per heavy atom. The highest BCUT2D eigenvalue weighted by Gasteiger charge is 2.39. The first-order valence-electron chi connectivity index (χ1n) is 19.3. The van der Waals surface area contributed by atoms with Gasteiger partial charge < -0.3 is 20.1 Å². The minimum absolute atomic E-state index is 0.154. The average Bonchev–Trinajstić information content (AvgIpc) is 3.77. The van der Waals surface area contributed by atoms with E-state index in [9.17, 15) is 19.5 Å². The summed E-state index contributed by atoms with van der Waals surface area (Å²) < 4.78 is 6.19. The predicted octanol–water partition coefficient (Wildman–Crippen LogP) is 8.78. The first-order valence-corrected chi connectivity index (χ1v) is 19.3. The molecule has 0 bridgehead atoms. The lowest BCUT2D eigenvalue weighted by molar-refractivity contribution is -0.136. The van der Waals surface area contributed by atoms with Crippen LogP contribution >= 0.6 is 0 Å². The standard InChI is InChI=1S/C47H45N3O5/c1-2-40(30-8-4-3-5-9-30)45(31-11-17-38(51)18-12-31)32-13-19-39(20-14-32)55-25-7-6-10-37-28-35-26-34(16-22-42(35)48-37)33-15-21-41-36(27-33)29-50(47(41)54)43-23-24-44(52)49-46(43)53/h3-5,8-9,11-22,26-27,37,43,48,51H,2,6-7,10,23-25,28-29H2,1H3,(H,49,52,53)/b45-40-. The molecule has 3 N–H and O–H groups in total. The number of aromatic hydroxyl groups is 1. The second-order valence-electron chi connectivity index (χ2n) is 14.7. The summed E-state index contributed by atoms with van der Waals surface area (Å²) >= 11 is 0. The van der Waals surface area contributed by atoms with Gasteiger partial charge in [0, 0.05) is 30.3 Å². The van der Waals surface area contributed by atoms with Crippen molar-refractivity contribution in [2.24, 2.45) is 0 Å². The molecule has 5 aromatic carbocycles. The number of hydrogen-bond donors (Lipinski definition) is 3. The smallest absolute Gasteiger partial charge is 0.255 e. The normalized spacial score (nSPS) is 18.0. The van der Waals surface area contributed by atoms with Crippen LogP contribution in [0.5, 0.6) is 11.5 Å². The summed E-state index contributed by atoms with van der Waals surface area (Å²) in [6, 6.07) is 38.4. The second kappa shape index (κ2) is 15.7. The molecule has 8 rings (SSSR count). The lowest BCUT2D eigenvalue weighted by atomic mass is 9.88. The first-order chi connectivity index (χ1) is 26.8. The lowest BCUT2D eigenvalue weighted by Crippen LogP contribution is -2.52. The molecule has 3 heterocycles. The van der Waals surface area contributed by atoms with E-state index in [-0.39, 0.29) is 24.0 Å². The molecule has 0 saturated carbocycles. The molecule has 5 aromatic rings. The van der Waals surface area contributed by atoms with E-state index in [2.05, 4.69) is 78.2 Å². The summed E-state index contributed by atoms with van der Waals surface area (Å²) in [4.78, 5) is 38.8. The fraction of sp³-hybridized carbons (Fsp3) is 0.255. The maximum absolute atomic E-state index is 13.2. The van der Waals surface area contributed by atoms with E-state index in [1.54, 1.807) is 17.0 Å². The molecule has 0 aliphatic carbocycles. The van der Waals surface area contributed by atoms with E-state index in [0.29, 0.717) is 31.2 Å². The molecule has 3 aliphatic rings. The summed E-state index contributed by atoms with van der Waals surface area (Å²) in [7, 11) is 0. The highest BCUT2D eigenvalue weighted by Crippen LogP contribution is 2.37. The Balaban J connectivity index is 0.845. The van der Waals surface area contributed by atoms with E-state index in [1.165, 1.54) is 22.4 Å². The number of amides is 3. The number of phenols is 1. The van der Waals surface area contributed by atoms with Gasteiger partial charge in [0.05, 0.1) is 6.61 Å². The van der Waals surface area contributed by atoms with E-state index in [0.717, 1.165) is 71.2 Å². The SMILES string of the molecule is CC/C(=C(\c1ccc(O)cc1)c1ccc(OCCCCC2Cc3cc(-c4ccc5c(c4)CN(C4CCC(=O)NC4=O)C5=O)ccc3N2)cc1)c1ccccc1. The second-order valence-corrected chi connectivity index (χ2v) is 14.7. The van der Waals surface area contributed by atoms with Crippen LogP contribution in [0, 0.1) is 0 Å². The topological polar surface area (TPSA) is 108 Å². The highest BCUT2D eigenvalue weighted by molar-refractivity contribution is 6.05. The van der Waals surface area contributed by atoms with Crippen molar-refractivity contribution in [3.05, 3.63) is 149 Å². The quantitative estimate of drug-likeness (QED) is 0.0673. The Labute approximate surface area is 321 Å². The van der Waals surface area contributed by atoms with E-state index >= 15 is 0 Å². The van der Waals surface area contributed by atoms with Gasteiger partial charge in [-0.1, -0.05) is 73.7 Å². The number of allylic oxidation sites excluding steroid dienone is 1. The van der Waals surface area contributed by atoms with E-state index in [1.807, 2.05) is 42.5 Å². The molecule has 278 valence electrons. The van der Waals surface area contributed by atoms with Gasteiger partial charge in [0.2, 0.25) is 11.8 Å². The lowest BCUT2D eigenvalue weighted by Gasteiger charge is -2.29. The summed E-state index contributed by atoms with van der Waals surface area (Å²) in [5.74, 6) is 0.273. The van der Waals surface area contributed by atoms with Crippen LogP contribution in [-0.2, 0) is 22.6 Å². The van der Waals surface area contributed by atoms with Crippen LogP contribution < -0.4 is 15.4 Å². The van der Waals surface area contributed by atoms with Gasteiger partial charge in [0.15, 0.2) is 0 Å². The Morgan fingerprint density at radius 1 is 0.800 bits per heavy atom. The van der Waals surface area contributed by atoms with Crippen LogP contribution in [0.2, 0.25) is 0 Å². The number of hydrogen-bond acceptors (Lipinski definition) is 6. The maximum Gasteiger partial charge on any atom is 0.255 e. The largest absolute Gasteiger partial charge is 0.508 e. The molecule has 1 saturated heterocycles. The molecule has 0 radical (unpaired) electrons. The number of imide groups is 1. The van der Waals surface area contributed by atoms with Gasteiger partial charge in [-0.2, -0.15) is 0 Å². The molecular formula is C47H45N3O5. The fourth-order valence-corrected chi connectivity index (χ4v) is 8.26. The zero-order valence-electron chi connectivity index (χ0n) is 31.0. The number of rotatable bonds is 12. The monoisotopic (exact) mass is 731 g/mol. The fourth-order valence-electron chi connectivity index (χ4n) is 8.26. The van der Waals surface area contributed by atoms with Crippen LogP contribution in [0.25, 0.3) is 22.3 Å². The number of unbranched alkanes of at least 4 members (excludes halogenated alkanes) is 1. The number of anilines is 1. The summed E-state index contributed by atoms with van der Waals surface area (Å²) in [6.45, 7) is 3.20. The number of carbonyl (C=O) groups is 3. The van der Waals surface area contributed by atoms with Gasteiger partial charge in [-0.15, -0.1) is 0 Å². The van der Waals surface area contributed by atoms with Crippen molar-refractivity contribution in [3.63, 3.8) is 0 Å². The van der Waals surface area contributed by atoms with Gasteiger partial charge in [-0.05, 0) is 137 Å². The number of nitrogens with one attached hydrogen (secondary N) is 2. The van der Waals surface area contributed by atoms with Gasteiger partial charge >= 0.3 is 0 Å². The van der Waals surface area contributed by atoms with Gasteiger partial charge in [0.1, 0.15) is 17.5 Å². The van der Waals surface area contributed by atoms with Crippen LogP contribution in [0.4, 0.5) is 5.69 Å². The Kier molecular flexibility index (Phi) is 10.2. The number of nitrogens with zero attached hydrogens (tertiary/aromatic N) is 1.